The molecule has 0 saturated carbocycles. The van der Waals surface area contributed by atoms with Crippen LogP contribution in [0.4, 0.5) is 5.69 Å². The minimum absolute atomic E-state index is 0.0316. The molecular weight excluding hydrogens is 274 g/mol. The Kier molecular flexibility index (Phi) is 6.10. The molecule has 0 atom stereocenters. The first-order valence-electron chi connectivity index (χ1n) is 6.78. The van der Waals surface area contributed by atoms with Gasteiger partial charge in [-0.15, -0.1) is 0 Å². The average molecular weight is 295 g/mol. The average Bonchev–Trinajstić information content (AvgIpc) is 2.42. The first kappa shape index (κ1) is 16.9. The van der Waals surface area contributed by atoms with Crippen LogP contribution in [0.3, 0.4) is 0 Å². The summed E-state index contributed by atoms with van der Waals surface area (Å²) in [6, 6.07) is 3.98. The van der Waals surface area contributed by atoms with Crippen molar-refractivity contribution in [2.75, 3.05) is 33.7 Å². The molecule has 0 radical (unpaired) electrons. The molecule has 0 heterocycles. The Labute approximate surface area is 123 Å². The summed E-state index contributed by atoms with van der Waals surface area (Å²) in [6.45, 7) is 3.69. The van der Waals surface area contributed by atoms with Crippen LogP contribution < -0.4 is 0 Å². The monoisotopic (exact) mass is 295 g/mol. The van der Waals surface area contributed by atoms with Crippen molar-refractivity contribution in [3.8, 4) is 5.75 Å². The van der Waals surface area contributed by atoms with Gasteiger partial charge in [-0.2, -0.15) is 0 Å². The predicted molar refractivity (Wildman–Crippen MR) is 79.5 cm³/mol. The molecule has 1 rings (SSSR count). The number of nitro groups is 1. The predicted octanol–water partition coefficient (Wildman–Crippen LogP) is 1.71. The molecule has 1 aromatic rings. The van der Waals surface area contributed by atoms with E-state index < -0.39 is 22.3 Å². The van der Waals surface area contributed by atoms with Gasteiger partial charge in [0, 0.05) is 19.2 Å². The van der Waals surface area contributed by atoms with E-state index in [1.807, 2.05) is 25.9 Å². The molecule has 0 unspecified atom stereocenters. The van der Waals surface area contributed by atoms with E-state index >= 15 is 0 Å². The third kappa shape index (κ3) is 4.42. The quantitative estimate of drug-likeness (QED) is 0.611. The summed E-state index contributed by atoms with van der Waals surface area (Å²) >= 11 is 0. The van der Waals surface area contributed by atoms with Gasteiger partial charge in [-0.3, -0.25) is 14.9 Å². The molecular formula is C14H21N3O4. The highest BCUT2D eigenvalue weighted by Gasteiger charge is 2.23. The largest absolute Gasteiger partial charge is 0.502 e. The molecule has 0 aliphatic rings. The van der Waals surface area contributed by atoms with Crippen molar-refractivity contribution in [1.29, 1.82) is 0 Å². The van der Waals surface area contributed by atoms with E-state index in [4.69, 9.17) is 0 Å². The van der Waals surface area contributed by atoms with Crippen molar-refractivity contribution in [3.05, 3.63) is 33.9 Å². The van der Waals surface area contributed by atoms with Gasteiger partial charge in [-0.1, -0.05) is 6.07 Å². The van der Waals surface area contributed by atoms with Crippen LogP contribution in [0, 0.1) is 10.1 Å². The number of nitrogens with zero attached hydrogens (tertiary/aromatic N) is 3. The minimum Gasteiger partial charge on any atom is -0.502 e. The van der Waals surface area contributed by atoms with Gasteiger partial charge in [0.25, 0.3) is 5.91 Å². The molecule has 1 amide bonds. The van der Waals surface area contributed by atoms with Crippen molar-refractivity contribution in [1.82, 2.24) is 9.80 Å². The summed E-state index contributed by atoms with van der Waals surface area (Å²) < 4.78 is 0. The topological polar surface area (TPSA) is 86.9 Å². The highest BCUT2D eigenvalue weighted by atomic mass is 16.6. The highest BCUT2D eigenvalue weighted by Crippen LogP contribution is 2.30. The maximum Gasteiger partial charge on any atom is 0.311 e. The number of carbonyl (C=O) groups is 1. The van der Waals surface area contributed by atoms with E-state index in [2.05, 4.69) is 0 Å². The molecule has 1 N–H and O–H groups in total. The Morgan fingerprint density at radius 2 is 2.00 bits per heavy atom. The molecule has 0 aliphatic heterocycles. The van der Waals surface area contributed by atoms with E-state index in [1.54, 1.807) is 4.90 Å². The summed E-state index contributed by atoms with van der Waals surface area (Å²) in [6.07, 6.45) is 0.794. The van der Waals surface area contributed by atoms with Crippen LogP contribution in [0.5, 0.6) is 5.75 Å². The lowest BCUT2D eigenvalue weighted by Crippen LogP contribution is -2.33. The van der Waals surface area contributed by atoms with E-state index in [0.717, 1.165) is 13.0 Å². The zero-order chi connectivity index (χ0) is 16.0. The fraction of sp³-hybridized carbons (Fsp3) is 0.500. The number of rotatable bonds is 7. The number of hydrogen-bond acceptors (Lipinski definition) is 5. The standard InChI is InChI=1S/C14H21N3O4/c1-4-16(10-6-9-15(2)3)14(19)11-7-5-8-12(13(11)18)17(20)21/h5,7-8,18H,4,6,9-10H2,1-3H3. The van der Waals surface area contributed by atoms with Crippen molar-refractivity contribution in [2.24, 2.45) is 0 Å². The van der Waals surface area contributed by atoms with Gasteiger partial charge in [0.1, 0.15) is 0 Å². The molecule has 7 heteroatoms. The molecule has 116 valence electrons. The van der Waals surface area contributed by atoms with Crippen molar-refractivity contribution in [2.45, 2.75) is 13.3 Å². The molecule has 0 aliphatic carbocycles. The fourth-order valence-corrected chi connectivity index (χ4v) is 2.00. The van der Waals surface area contributed by atoms with Crippen LogP contribution in [0.15, 0.2) is 18.2 Å². The van der Waals surface area contributed by atoms with Gasteiger partial charge in [0.05, 0.1) is 10.5 Å². The number of phenols is 1. The van der Waals surface area contributed by atoms with Crippen molar-refractivity contribution < 1.29 is 14.8 Å². The Morgan fingerprint density at radius 3 is 2.52 bits per heavy atom. The van der Waals surface area contributed by atoms with E-state index in [-0.39, 0.29) is 5.56 Å². The van der Waals surface area contributed by atoms with Gasteiger partial charge >= 0.3 is 5.69 Å². The lowest BCUT2D eigenvalue weighted by atomic mass is 10.1. The summed E-state index contributed by atoms with van der Waals surface area (Å²) in [4.78, 5) is 26.1. The van der Waals surface area contributed by atoms with Gasteiger partial charge < -0.3 is 14.9 Å². The molecule has 0 fully saturated rings. The molecule has 0 saturated heterocycles. The summed E-state index contributed by atoms with van der Waals surface area (Å²) in [5, 5.41) is 20.7. The smallest absolute Gasteiger partial charge is 0.311 e. The molecule has 0 aromatic heterocycles. The van der Waals surface area contributed by atoms with Crippen LogP contribution in [0.1, 0.15) is 23.7 Å². The second-order valence-corrected chi connectivity index (χ2v) is 4.97. The highest BCUT2D eigenvalue weighted by molar-refractivity contribution is 5.98. The van der Waals surface area contributed by atoms with Gasteiger partial charge in [0.15, 0.2) is 0 Å². The molecule has 0 spiro atoms. The summed E-state index contributed by atoms with van der Waals surface area (Å²) in [5.41, 5.74) is -0.485. The second-order valence-electron chi connectivity index (χ2n) is 4.97. The lowest BCUT2D eigenvalue weighted by Gasteiger charge is -2.22. The molecule has 1 aromatic carbocycles. The second kappa shape index (κ2) is 7.58. The number of nitro benzene ring substituents is 1. The lowest BCUT2D eigenvalue weighted by molar-refractivity contribution is -0.385. The zero-order valence-corrected chi connectivity index (χ0v) is 12.6. The fourth-order valence-electron chi connectivity index (χ4n) is 2.00. The van der Waals surface area contributed by atoms with Crippen LogP contribution >= 0.6 is 0 Å². The minimum atomic E-state index is -0.700. The molecule has 7 nitrogen and oxygen atoms in total. The van der Waals surface area contributed by atoms with Gasteiger partial charge in [-0.05, 0) is 40.1 Å². The normalized spacial score (nSPS) is 10.7. The molecule has 0 bridgehead atoms. The van der Waals surface area contributed by atoms with Crippen LogP contribution in [-0.4, -0.2) is 59.5 Å². The van der Waals surface area contributed by atoms with Crippen LogP contribution in [-0.2, 0) is 0 Å². The first-order valence-corrected chi connectivity index (χ1v) is 6.78. The summed E-state index contributed by atoms with van der Waals surface area (Å²) in [7, 11) is 3.90. The van der Waals surface area contributed by atoms with Crippen molar-refractivity contribution in [3.63, 3.8) is 0 Å². The SMILES string of the molecule is CCN(CCCN(C)C)C(=O)c1cccc([N+](=O)[O-])c1O. The van der Waals surface area contributed by atoms with Gasteiger partial charge in [0.2, 0.25) is 5.75 Å². The van der Waals surface area contributed by atoms with E-state index in [1.165, 1.54) is 18.2 Å². The van der Waals surface area contributed by atoms with E-state index in [0.29, 0.717) is 13.1 Å². The maximum absolute atomic E-state index is 12.4. The third-order valence-electron chi connectivity index (χ3n) is 3.14. The number of para-hydroxylation sites is 1. The van der Waals surface area contributed by atoms with Gasteiger partial charge in [-0.25, -0.2) is 0 Å². The Hall–Kier alpha value is -2.15. The Bertz CT molecular complexity index is 517. The maximum atomic E-state index is 12.4. The number of aromatic hydroxyl groups is 1. The Morgan fingerprint density at radius 1 is 1.33 bits per heavy atom. The van der Waals surface area contributed by atoms with Crippen molar-refractivity contribution >= 4 is 11.6 Å². The number of phenolic OH excluding ortho intramolecular Hbond substituents is 1. The number of hydrogen-bond donors (Lipinski definition) is 1. The first-order chi connectivity index (χ1) is 9.88. The number of carbonyl (C=O) groups excluding carboxylic acids is 1. The summed E-state index contributed by atoms with van der Waals surface area (Å²) in [5.74, 6) is -0.962. The van der Waals surface area contributed by atoms with Crippen LogP contribution in [0.25, 0.3) is 0 Å². The number of benzene rings is 1. The Balaban J connectivity index is 2.90. The zero-order valence-electron chi connectivity index (χ0n) is 12.6. The van der Waals surface area contributed by atoms with E-state index in [9.17, 15) is 20.0 Å². The van der Waals surface area contributed by atoms with Crippen LogP contribution in [0.2, 0.25) is 0 Å². The number of amides is 1. The third-order valence-corrected chi connectivity index (χ3v) is 3.14. The molecule has 21 heavy (non-hydrogen) atoms.